The molecule has 0 aromatic heterocycles. The molecule has 4 rings (SSSR count). The summed E-state index contributed by atoms with van der Waals surface area (Å²) in [7, 11) is 0. The Morgan fingerprint density at radius 1 is 1.00 bits per heavy atom. The number of anilines is 1. The van der Waals surface area contributed by atoms with Gasteiger partial charge in [-0.05, 0) is 36.2 Å². The van der Waals surface area contributed by atoms with Crippen molar-refractivity contribution in [3.8, 4) is 0 Å². The van der Waals surface area contributed by atoms with Gasteiger partial charge in [0.05, 0.1) is 30.3 Å². The summed E-state index contributed by atoms with van der Waals surface area (Å²) in [6.07, 6.45) is 6.25. The van der Waals surface area contributed by atoms with Crippen LogP contribution in [0.3, 0.4) is 0 Å². The van der Waals surface area contributed by atoms with Gasteiger partial charge < -0.3 is 4.74 Å². The molecule has 1 atom stereocenters. The van der Waals surface area contributed by atoms with E-state index < -0.39 is 12.0 Å². The van der Waals surface area contributed by atoms with Gasteiger partial charge in [0.15, 0.2) is 0 Å². The summed E-state index contributed by atoms with van der Waals surface area (Å²) in [5, 5.41) is 0. The van der Waals surface area contributed by atoms with Crippen LogP contribution < -0.4 is 4.90 Å². The fourth-order valence-corrected chi connectivity index (χ4v) is 4.47. The third-order valence-corrected chi connectivity index (χ3v) is 6.54. The molecule has 7 heteroatoms. The minimum atomic E-state index is -0.428. The Morgan fingerprint density at radius 3 is 2.40 bits per heavy atom. The Kier molecular flexibility index (Phi) is 8.45. The van der Waals surface area contributed by atoms with Crippen LogP contribution in [-0.2, 0) is 14.3 Å². The van der Waals surface area contributed by atoms with Gasteiger partial charge in [0, 0.05) is 32.7 Å². The molecule has 2 aliphatic heterocycles. The lowest BCUT2D eigenvalue weighted by Crippen LogP contribution is -2.52. The molecule has 2 aliphatic rings. The molecule has 2 fully saturated rings. The standard InChI is InChI=1S/C28H33N3O4/c1-2-3-20-35-28(34)23-11-13-24(14-12-23)31-26(32)21-25(27(31)33)30-18-16-29(17-19-30)15-7-10-22-8-5-4-6-9-22/h4-14,25H,2-3,15-21H2,1H3/b10-7+/t25-/m0/s1. The molecule has 2 heterocycles. The average Bonchev–Trinajstić information content (AvgIpc) is 3.19. The summed E-state index contributed by atoms with van der Waals surface area (Å²) < 4.78 is 5.23. The van der Waals surface area contributed by atoms with Crippen LogP contribution in [0.2, 0.25) is 0 Å². The molecular formula is C28H33N3O4. The second kappa shape index (κ2) is 11.9. The van der Waals surface area contributed by atoms with E-state index in [0.29, 0.717) is 17.9 Å². The Labute approximate surface area is 207 Å². The monoisotopic (exact) mass is 475 g/mol. The Morgan fingerprint density at radius 2 is 1.71 bits per heavy atom. The number of rotatable bonds is 9. The van der Waals surface area contributed by atoms with Crippen molar-refractivity contribution in [3.63, 3.8) is 0 Å². The van der Waals surface area contributed by atoms with Gasteiger partial charge in [0.1, 0.15) is 0 Å². The molecular weight excluding hydrogens is 442 g/mol. The van der Waals surface area contributed by atoms with E-state index in [1.165, 1.54) is 10.5 Å². The number of esters is 1. The third kappa shape index (κ3) is 6.24. The number of hydrogen-bond acceptors (Lipinski definition) is 6. The van der Waals surface area contributed by atoms with Crippen LogP contribution in [0.1, 0.15) is 42.1 Å². The normalized spacial score (nSPS) is 19.6. The molecule has 2 aromatic carbocycles. The highest BCUT2D eigenvalue weighted by Gasteiger charge is 2.43. The zero-order valence-electron chi connectivity index (χ0n) is 20.3. The number of piperazine rings is 1. The van der Waals surface area contributed by atoms with Crippen LogP contribution in [0.25, 0.3) is 6.08 Å². The molecule has 184 valence electrons. The van der Waals surface area contributed by atoms with E-state index >= 15 is 0 Å². The lowest BCUT2D eigenvalue weighted by molar-refractivity contribution is -0.123. The van der Waals surface area contributed by atoms with Crippen molar-refractivity contribution in [2.75, 3.05) is 44.2 Å². The van der Waals surface area contributed by atoms with Gasteiger partial charge in [-0.15, -0.1) is 0 Å². The number of imide groups is 1. The van der Waals surface area contributed by atoms with Gasteiger partial charge in [-0.2, -0.15) is 0 Å². The first-order valence-corrected chi connectivity index (χ1v) is 12.4. The number of benzene rings is 2. The number of amides is 2. The molecule has 0 N–H and O–H groups in total. The lowest BCUT2D eigenvalue weighted by Gasteiger charge is -2.36. The van der Waals surface area contributed by atoms with Gasteiger partial charge in [0.2, 0.25) is 5.91 Å². The first-order valence-electron chi connectivity index (χ1n) is 12.4. The molecule has 7 nitrogen and oxygen atoms in total. The van der Waals surface area contributed by atoms with E-state index in [-0.39, 0.29) is 18.2 Å². The highest BCUT2D eigenvalue weighted by Crippen LogP contribution is 2.27. The van der Waals surface area contributed by atoms with E-state index in [2.05, 4.69) is 34.1 Å². The van der Waals surface area contributed by atoms with E-state index in [1.54, 1.807) is 24.3 Å². The minimum Gasteiger partial charge on any atom is -0.462 e. The Hall–Kier alpha value is -3.29. The predicted molar refractivity (Wildman–Crippen MR) is 136 cm³/mol. The summed E-state index contributed by atoms with van der Waals surface area (Å²) in [4.78, 5) is 43.8. The average molecular weight is 476 g/mol. The summed E-state index contributed by atoms with van der Waals surface area (Å²) in [5.41, 5.74) is 2.10. The van der Waals surface area contributed by atoms with Gasteiger partial charge >= 0.3 is 5.97 Å². The van der Waals surface area contributed by atoms with E-state index in [0.717, 1.165) is 45.6 Å². The fourth-order valence-electron chi connectivity index (χ4n) is 4.47. The third-order valence-electron chi connectivity index (χ3n) is 6.54. The Bertz CT molecular complexity index is 1040. The molecule has 2 saturated heterocycles. The molecule has 0 spiro atoms. The van der Waals surface area contributed by atoms with Gasteiger partial charge in [-0.3, -0.25) is 19.4 Å². The van der Waals surface area contributed by atoms with Crippen LogP contribution in [0.15, 0.2) is 60.7 Å². The van der Waals surface area contributed by atoms with Crippen molar-refractivity contribution in [1.82, 2.24) is 9.80 Å². The van der Waals surface area contributed by atoms with E-state index in [9.17, 15) is 14.4 Å². The zero-order valence-corrected chi connectivity index (χ0v) is 20.3. The summed E-state index contributed by atoms with van der Waals surface area (Å²) in [6, 6.07) is 16.3. The maximum absolute atomic E-state index is 13.2. The highest BCUT2D eigenvalue weighted by atomic mass is 16.5. The smallest absolute Gasteiger partial charge is 0.338 e. The summed E-state index contributed by atoms with van der Waals surface area (Å²) in [6.45, 7) is 6.48. The summed E-state index contributed by atoms with van der Waals surface area (Å²) >= 11 is 0. The lowest BCUT2D eigenvalue weighted by atomic mass is 10.1. The van der Waals surface area contributed by atoms with Crippen LogP contribution >= 0.6 is 0 Å². The topological polar surface area (TPSA) is 70.2 Å². The second-order valence-corrected chi connectivity index (χ2v) is 8.97. The van der Waals surface area contributed by atoms with Crippen molar-refractivity contribution < 1.29 is 19.1 Å². The number of unbranched alkanes of at least 4 members (excludes halogenated alkanes) is 1. The van der Waals surface area contributed by atoms with Crippen LogP contribution in [0.5, 0.6) is 0 Å². The second-order valence-electron chi connectivity index (χ2n) is 8.97. The number of nitrogens with zero attached hydrogens (tertiary/aromatic N) is 3. The summed E-state index contributed by atoms with van der Waals surface area (Å²) in [5.74, 6) is -0.782. The van der Waals surface area contributed by atoms with Crippen molar-refractivity contribution in [3.05, 3.63) is 71.8 Å². The van der Waals surface area contributed by atoms with Gasteiger partial charge in [0.25, 0.3) is 5.91 Å². The number of carbonyl (C=O) groups is 3. The molecule has 35 heavy (non-hydrogen) atoms. The maximum atomic E-state index is 13.2. The molecule has 2 aromatic rings. The Balaban J connectivity index is 1.29. The van der Waals surface area contributed by atoms with E-state index in [4.69, 9.17) is 4.74 Å². The van der Waals surface area contributed by atoms with Gasteiger partial charge in [-0.1, -0.05) is 55.8 Å². The number of ether oxygens (including phenoxy) is 1. The highest BCUT2D eigenvalue weighted by molar-refractivity contribution is 6.22. The predicted octanol–water partition coefficient (Wildman–Crippen LogP) is 3.61. The first-order chi connectivity index (χ1) is 17.1. The van der Waals surface area contributed by atoms with Crippen LogP contribution in [0, 0.1) is 0 Å². The van der Waals surface area contributed by atoms with E-state index in [1.807, 2.05) is 25.1 Å². The maximum Gasteiger partial charge on any atom is 0.338 e. The SMILES string of the molecule is CCCCOC(=O)c1ccc(N2C(=O)C[C@H](N3CCN(C/C=C/c4ccccc4)CC3)C2=O)cc1. The van der Waals surface area contributed by atoms with Crippen LogP contribution in [-0.4, -0.2) is 73.0 Å². The van der Waals surface area contributed by atoms with Crippen molar-refractivity contribution in [2.24, 2.45) is 0 Å². The van der Waals surface area contributed by atoms with Crippen molar-refractivity contribution >= 4 is 29.5 Å². The van der Waals surface area contributed by atoms with Crippen molar-refractivity contribution in [2.45, 2.75) is 32.2 Å². The molecule has 0 unspecified atom stereocenters. The fraction of sp³-hybridized carbons (Fsp3) is 0.393. The van der Waals surface area contributed by atoms with Crippen LogP contribution in [0.4, 0.5) is 5.69 Å². The number of carbonyl (C=O) groups excluding carboxylic acids is 3. The molecule has 0 bridgehead atoms. The minimum absolute atomic E-state index is 0.188. The molecule has 0 saturated carbocycles. The zero-order chi connectivity index (χ0) is 24.6. The quantitative estimate of drug-likeness (QED) is 0.314. The molecule has 0 radical (unpaired) electrons. The molecule has 2 amide bonds. The first kappa shape index (κ1) is 24.8. The van der Waals surface area contributed by atoms with Gasteiger partial charge in [-0.25, -0.2) is 9.69 Å². The molecule has 0 aliphatic carbocycles. The number of hydrogen-bond donors (Lipinski definition) is 0. The van der Waals surface area contributed by atoms with Crippen molar-refractivity contribution in [1.29, 1.82) is 0 Å². The largest absolute Gasteiger partial charge is 0.462 e.